The maximum atomic E-state index is 13.0. The highest BCUT2D eigenvalue weighted by Gasteiger charge is 2.31. The first-order valence-corrected chi connectivity index (χ1v) is 10.0. The van der Waals surface area contributed by atoms with Crippen LogP contribution in [0, 0.1) is 6.92 Å². The van der Waals surface area contributed by atoms with Gasteiger partial charge in [0.25, 0.3) is 0 Å². The maximum absolute atomic E-state index is 13.0. The molecule has 0 bridgehead atoms. The normalized spacial score (nSPS) is 15.6. The Morgan fingerprint density at radius 3 is 2.47 bits per heavy atom. The molecule has 2 heterocycles. The van der Waals surface area contributed by atoms with Crippen LogP contribution in [0.1, 0.15) is 17.0 Å². The predicted octanol–water partition coefficient (Wildman–Crippen LogP) is 5.64. The molecule has 1 aromatic heterocycles. The number of hydrogen-bond donors (Lipinski definition) is 0. The number of alkyl halides is 3. The van der Waals surface area contributed by atoms with Gasteiger partial charge in [-0.15, -0.1) is 0 Å². The SMILES string of the molecule is Cc1oc(-c2ccccc2Cl)nc1CN1CCN(c2cccc(C(F)(F)F)c2)CC1. The van der Waals surface area contributed by atoms with Crippen LogP contribution < -0.4 is 4.90 Å². The molecule has 4 rings (SSSR count). The molecule has 8 heteroatoms. The van der Waals surface area contributed by atoms with Gasteiger partial charge in [0.1, 0.15) is 5.76 Å². The predicted molar refractivity (Wildman–Crippen MR) is 111 cm³/mol. The summed E-state index contributed by atoms with van der Waals surface area (Å²) in [6, 6.07) is 12.9. The lowest BCUT2D eigenvalue weighted by atomic mass is 10.1. The second kappa shape index (κ2) is 8.32. The zero-order chi connectivity index (χ0) is 21.3. The largest absolute Gasteiger partial charge is 0.441 e. The van der Waals surface area contributed by atoms with Gasteiger partial charge in [0, 0.05) is 38.4 Å². The summed E-state index contributed by atoms with van der Waals surface area (Å²) in [5, 5.41) is 0.583. The molecular formula is C22H21ClF3N3O. The van der Waals surface area contributed by atoms with Crippen LogP contribution in [0.2, 0.25) is 5.02 Å². The Morgan fingerprint density at radius 2 is 1.77 bits per heavy atom. The average Bonchev–Trinajstić information content (AvgIpc) is 3.08. The van der Waals surface area contributed by atoms with E-state index in [0.29, 0.717) is 36.2 Å². The molecule has 1 fully saturated rings. The molecule has 0 aliphatic carbocycles. The van der Waals surface area contributed by atoms with Crippen molar-refractivity contribution in [2.45, 2.75) is 19.6 Å². The lowest BCUT2D eigenvalue weighted by Gasteiger charge is -2.36. The Kier molecular flexibility index (Phi) is 5.75. The Hall–Kier alpha value is -2.51. The van der Waals surface area contributed by atoms with Crippen molar-refractivity contribution < 1.29 is 17.6 Å². The first-order chi connectivity index (χ1) is 14.3. The number of aryl methyl sites for hydroxylation is 1. The van der Waals surface area contributed by atoms with E-state index in [0.717, 1.165) is 36.2 Å². The number of halogens is 4. The summed E-state index contributed by atoms with van der Waals surface area (Å²) in [7, 11) is 0. The molecule has 158 valence electrons. The van der Waals surface area contributed by atoms with Crippen LogP contribution in [0.15, 0.2) is 52.9 Å². The molecule has 0 atom stereocenters. The topological polar surface area (TPSA) is 32.5 Å². The van der Waals surface area contributed by atoms with Crippen molar-refractivity contribution in [3.63, 3.8) is 0 Å². The summed E-state index contributed by atoms with van der Waals surface area (Å²) in [5.74, 6) is 1.24. The fraction of sp³-hybridized carbons (Fsp3) is 0.318. The average molecular weight is 436 g/mol. The van der Waals surface area contributed by atoms with E-state index in [1.54, 1.807) is 12.1 Å². The zero-order valence-electron chi connectivity index (χ0n) is 16.4. The van der Waals surface area contributed by atoms with Crippen LogP contribution >= 0.6 is 11.6 Å². The highest BCUT2D eigenvalue weighted by Crippen LogP contribution is 2.32. The van der Waals surface area contributed by atoms with Gasteiger partial charge in [0.15, 0.2) is 0 Å². The molecule has 0 saturated carbocycles. The van der Waals surface area contributed by atoms with E-state index >= 15 is 0 Å². The van der Waals surface area contributed by atoms with Crippen molar-refractivity contribution >= 4 is 17.3 Å². The number of rotatable bonds is 4. The molecule has 0 N–H and O–H groups in total. The number of aromatic nitrogens is 1. The third-order valence-electron chi connectivity index (χ3n) is 5.28. The maximum Gasteiger partial charge on any atom is 0.416 e. The summed E-state index contributed by atoms with van der Waals surface area (Å²) < 4.78 is 44.7. The Labute approximate surface area is 177 Å². The molecule has 0 radical (unpaired) electrons. The van der Waals surface area contributed by atoms with Crippen LogP contribution in [-0.2, 0) is 12.7 Å². The van der Waals surface area contributed by atoms with E-state index in [1.165, 1.54) is 12.1 Å². The molecular weight excluding hydrogens is 415 g/mol. The van der Waals surface area contributed by atoms with Gasteiger partial charge < -0.3 is 9.32 Å². The summed E-state index contributed by atoms with van der Waals surface area (Å²) in [4.78, 5) is 8.83. The van der Waals surface area contributed by atoms with Gasteiger partial charge in [-0.2, -0.15) is 13.2 Å². The molecule has 0 spiro atoms. The Bertz CT molecular complexity index is 1030. The molecule has 1 aliphatic heterocycles. The van der Waals surface area contributed by atoms with Gasteiger partial charge in [0.05, 0.1) is 21.8 Å². The summed E-state index contributed by atoms with van der Waals surface area (Å²) >= 11 is 6.24. The standard InChI is InChI=1S/C22H21ClF3N3O/c1-15-20(27-21(30-15)18-7-2-3-8-19(18)23)14-28-9-11-29(12-10-28)17-6-4-5-16(13-17)22(24,25)26/h2-8,13H,9-12,14H2,1H3. The number of nitrogens with zero attached hydrogens (tertiary/aromatic N) is 3. The number of piperazine rings is 1. The van der Waals surface area contributed by atoms with E-state index in [-0.39, 0.29) is 0 Å². The molecule has 4 nitrogen and oxygen atoms in total. The van der Waals surface area contributed by atoms with E-state index in [2.05, 4.69) is 9.88 Å². The molecule has 0 unspecified atom stereocenters. The van der Waals surface area contributed by atoms with E-state index in [1.807, 2.05) is 30.0 Å². The molecule has 30 heavy (non-hydrogen) atoms. The second-order valence-corrected chi connectivity index (χ2v) is 7.72. The van der Waals surface area contributed by atoms with Gasteiger partial charge in [-0.05, 0) is 37.3 Å². The minimum absolute atomic E-state index is 0.496. The van der Waals surface area contributed by atoms with Crippen molar-refractivity contribution in [3.05, 3.63) is 70.6 Å². The number of hydrogen-bond acceptors (Lipinski definition) is 4. The lowest BCUT2D eigenvalue weighted by Crippen LogP contribution is -2.46. The van der Waals surface area contributed by atoms with Gasteiger partial charge in [-0.3, -0.25) is 4.90 Å². The molecule has 1 saturated heterocycles. The van der Waals surface area contributed by atoms with Crippen molar-refractivity contribution in [1.29, 1.82) is 0 Å². The summed E-state index contributed by atoms with van der Waals surface area (Å²) in [6.45, 7) is 5.25. The van der Waals surface area contributed by atoms with Crippen molar-refractivity contribution in [2.75, 3.05) is 31.1 Å². The van der Waals surface area contributed by atoms with Gasteiger partial charge in [-0.25, -0.2) is 4.98 Å². The van der Waals surface area contributed by atoms with Crippen LogP contribution in [0.4, 0.5) is 18.9 Å². The Morgan fingerprint density at radius 1 is 1.03 bits per heavy atom. The Balaban J connectivity index is 1.41. The lowest BCUT2D eigenvalue weighted by molar-refractivity contribution is -0.137. The van der Waals surface area contributed by atoms with Crippen LogP contribution in [0.25, 0.3) is 11.5 Å². The van der Waals surface area contributed by atoms with Crippen LogP contribution in [0.3, 0.4) is 0 Å². The minimum Gasteiger partial charge on any atom is -0.441 e. The number of anilines is 1. The van der Waals surface area contributed by atoms with Gasteiger partial charge >= 0.3 is 6.18 Å². The van der Waals surface area contributed by atoms with Crippen molar-refractivity contribution in [1.82, 2.24) is 9.88 Å². The van der Waals surface area contributed by atoms with Gasteiger partial charge in [0.2, 0.25) is 5.89 Å². The third-order valence-corrected chi connectivity index (χ3v) is 5.61. The first-order valence-electron chi connectivity index (χ1n) is 9.67. The zero-order valence-corrected chi connectivity index (χ0v) is 17.2. The highest BCUT2D eigenvalue weighted by molar-refractivity contribution is 6.33. The van der Waals surface area contributed by atoms with Gasteiger partial charge in [-0.1, -0.05) is 29.8 Å². The third kappa shape index (κ3) is 4.47. The number of oxazole rings is 1. The summed E-state index contributed by atoms with van der Waals surface area (Å²) in [6.07, 6.45) is -4.33. The minimum atomic E-state index is -4.33. The molecule has 2 aromatic carbocycles. The van der Waals surface area contributed by atoms with Crippen LogP contribution in [-0.4, -0.2) is 36.1 Å². The molecule has 3 aromatic rings. The first kappa shape index (κ1) is 20.8. The van der Waals surface area contributed by atoms with Crippen molar-refractivity contribution in [2.24, 2.45) is 0 Å². The fourth-order valence-electron chi connectivity index (χ4n) is 3.58. The number of benzene rings is 2. The fourth-order valence-corrected chi connectivity index (χ4v) is 3.80. The molecule has 0 amide bonds. The highest BCUT2D eigenvalue weighted by atomic mass is 35.5. The summed E-state index contributed by atoms with van der Waals surface area (Å²) in [5.41, 5.74) is 1.58. The van der Waals surface area contributed by atoms with Crippen LogP contribution in [0.5, 0.6) is 0 Å². The van der Waals surface area contributed by atoms with E-state index in [9.17, 15) is 13.2 Å². The van der Waals surface area contributed by atoms with E-state index < -0.39 is 11.7 Å². The monoisotopic (exact) mass is 435 g/mol. The van der Waals surface area contributed by atoms with Crippen molar-refractivity contribution in [3.8, 4) is 11.5 Å². The molecule has 1 aliphatic rings. The quantitative estimate of drug-likeness (QED) is 0.530. The van der Waals surface area contributed by atoms with E-state index in [4.69, 9.17) is 16.0 Å². The second-order valence-electron chi connectivity index (χ2n) is 7.31. The smallest absolute Gasteiger partial charge is 0.416 e.